The fraction of sp³-hybridized carbons (Fsp3) is 0. The van der Waals surface area contributed by atoms with Crippen LogP contribution in [0.25, 0.3) is 0 Å². The minimum atomic E-state index is -2.17. The van der Waals surface area contributed by atoms with Gasteiger partial charge in [-0.15, -0.1) is 0 Å². The molecule has 0 fully saturated rings. The summed E-state index contributed by atoms with van der Waals surface area (Å²) in [4.78, 5) is 19.1. The molecule has 0 saturated carbocycles. The predicted octanol–water partition coefficient (Wildman–Crippen LogP) is -0.604. The molecule has 0 heterocycles. The summed E-state index contributed by atoms with van der Waals surface area (Å²) in [7, 11) is -2.17. The molecule has 0 unspecified atom stereocenters. The van der Waals surface area contributed by atoms with Gasteiger partial charge in [0.15, 0.2) is 0 Å². The molecular weight excluding hydrogens is 152 g/mol. The Balaban J connectivity index is 4.39. The second-order valence-electron chi connectivity index (χ2n) is 0.930. The van der Waals surface area contributed by atoms with Crippen molar-refractivity contribution in [3.8, 4) is 0 Å². The van der Waals surface area contributed by atoms with Crippen LogP contribution in [0.15, 0.2) is 14.0 Å². The van der Waals surface area contributed by atoms with Gasteiger partial charge in [0, 0.05) is 0 Å². The maximum absolute atomic E-state index is 9.56. The molecule has 0 atom stereocenters. The number of rotatable bonds is 3. The lowest BCUT2D eigenvalue weighted by Crippen LogP contribution is -2.00. The Labute approximate surface area is 57.4 Å². The number of hydrogen-bond donors (Lipinski definition) is 1. The van der Waals surface area contributed by atoms with E-state index in [1.807, 2.05) is 0 Å². The summed E-state index contributed by atoms with van der Waals surface area (Å²) in [6, 6.07) is 1.61. The molecule has 0 amide bonds. The highest BCUT2D eigenvalue weighted by Gasteiger charge is 2.06. The highest BCUT2D eigenvalue weighted by molar-refractivity contribution is 6.55. The van der Waals surface area contributed by atoms with Crippen LogP contribution in [0, 0.1) is 5.41 Å². The first kappa shape index (κ1) is 8.36. The van der Waals surface area contributed by atoms with Crippen molar-refractivity contribution in [2.45, 2.75) is 0 Å². The van der Waals surface area contributed by atoms with Crippen LogP contribution in [0.3, 0.4) is 0 Å². The van der Waals surface area contributed by atoms with Crippen LogP contribution in [0.4, 0.5) is 0 Å². The van der Waals surface area contributed by atoms with Gasteiger partial charge in [0.05, 0.1) is 6.01 Å². The summed E-state index contributed by atoms with van der Waals surface area (Å²) in [5.41, 5.74) is 0. The Kier molecular flexibility index (Phi) is 4.59. The molecule has 1 radical (unpaired) electrons. The van der Waals surface area contributed by atoms with Gasteiger partial charge in [-0.05, 0) is 0 Å². The predicted molar refractivity (Wildman–Crippen MR) is 32.2 cm³/mol. The second-order valence-corrected chi connectivity index (χ2v) is 2.20. The van der Waals surface area contributed by atoms with E-state index in [4.69, 9.17) is 5.41 Å². The lowest BCUT2D eigenvalue weighted by Gasteiger charge is -1.79. The van der Waals surface area contributed by atoms with Gasteiger partial charge in [-0.2, -0.15) is 9.32 Å². The zero-order chi connectivity index (χ0) is 7.82. The van der Waals surface area contributed by atoms with Gasteiger partial charge in [-0.3, -0.25) is 0 Å². The van der Waals surface area contributed by atoms with E-state index in [1.54, 1.807) is 6.01 Å². The molecule has 0 aliphatic rings. The van der Waals surface area contributed by atoms with Crippen LogP contribution in [0.2, 0.25) is 0 Å². The number of nitrogens with zero attached hydrogens (tertiary/aromatic N) is 3. The molecule has 0 rings (SSSR count). The molecule has 6 nitrogen and oxygen atoms in total. The van der Waals surface area contributed by atoms with Gasteiger partial charge in [0.2, 0.25) is 12.2 Å². The monoisotopic (exact) mass is 153 g/mol. The molecule has 0 bridgehead atoms. The third-order valence-electron chi connectivity index (χ3n) is 0.447. The van der Waals surface area contributed by atoms with Crippen LogP contribution in [-0.2, 0) is 9.59 Å². The van der Waals surface area contributed by atoms with Crippen molar-refractivity contribution in [2.75, 3.05) is 0 Å². The lowest BCUT2D eigenvalue weighted by atomic mass is 11.6. The maximum Gasteiger partial charge on any atom is 0.526 e. The Morgan fingerprint density at radius 3 is 1.90 bits per heavy atom. The van der Waals surface area contributed by atoms with E-state index < -0.39 is 9.28 Å². The molecule has 0 aromatic carbocycles. The molecule has 49 valence electrons. The normalized spacial score (nSPS) is 6.90. The molecule has 0 aromatic heterocycles. The quantitative estimate of drug-likeness (QED) is 0.332. The Hall–Kier alpha value is -1.64. The summed E-state index contributed by atoms with van der Waals surface area (Å²) < 4.78 is 9.21. The van der Waals surface area contributed by atoms with E-state index in [2.05, 4.69) is 14.0 Å². The summed E-state index contributed by atoms with van der Waals surface area (Å²) in [5.74, 6) is 0. The van der Waals surface area contributed by atoms with Gasteiger partial charge < -0.3 is 0 Å². The first-order chi connectivity index (χ1) is 4.85. The molecular formula is C3HN4O2Si. The third-order valence-corrected chi connectivity index (χ3v) is 1.34. The average Bonchev–Trinajstić information content (AvgIpc) is 1.90. The fourth-order valence-electron chi connectivity index (χ4n) is 0.207. The van der Waals surface area contributed by atoms with Crippen LogP contribution in [-0.4, -0.2) is 27.4 Å². The molecule has 0 spiro atoms. The van der Waals surface area contributed by atoms with Gasteiger partial charge in [-0.1, -0.05) is 0 Å². The summed E-state index contributed by atoms with van der Waals surface area (Å²) >= 11 is 0. The van der Waals surface area contributed by atoms with Gasteiger partial charge in [0.25, 0.3) is 0 Å². The van der Waals surface area contributed by atoms with E-state index in [1.165, 1.54) is 12.2 Å². The molecule has 10 heavy (non-hydrogen) atoms. The van der Waals surface area contributed by atoms with Crippen molar-refractivity contribution in [3.05, 3.63) is 0 Å². The Morgan fingerprint density at radius 1 is 1.10 bits per heavy atom. The average molecular weight is 153 g/mol. The molecule has 0 aliphatic heterocycles. The summed E-state index contributed by atoms with van der Waals surface area (Å²) in [6.45, 7) is 0. The van der Waals surface area contributed by atoms with Crippen molar-refractivity contribution < 1.29 is 9.59 Å². The molecule has 0 aliphatic carbocycles. The second kappa shape index (κ2) is 5.49. The maximum atomic E-state index is 9.56. The van der Waals surface area contributed by atoms with Gasteiger partial charge in [-0.25, -0.2) is 19.7 Å². The minimum absolute atomic E-state index is 1.17. The fourth-order valence-corrected chi connectivity index (χ4v) is 0.620. The SMILES string of the molecule is N=C=N[Si](N=C=O)N=C=O. The van der Waals surface area contributed by atoms with Crippen molar-refractivity contribution in [2.24, 2.45) is 14.0 Å². The first-order valence-corrected chi connectivity index (χ1v) is 3.34. The number of nitrogens with one attached hydrogen (secondary N) is 1. The van der Waals surface area contributed by atoms with E-state index in [9.17, 15) is 9.59 Å². The lowest BCUT2D eigenvalue weighted by molar-refractivity contribution is 0.565. The van der Waals surface area contributed by atoms with Crippen LogP contribution < -0.4 is 0 Å². The summed E-state index contributed by atoms with van der Waals surface area (Å²) in [5, 5.41) is 6.32. The summed E-state index contributed by atoms with van der Waals surface area (Å²) in [6.07, 6.45) is 2.34. The van der Waals surface area contributed by atoms with Gasteiger partial charge >= 0.3 is 9.28 Å². The zero-order valence-electron chi connectivity index (χ0n) is 4.66. The van der Waals surface area contributed by atoms with E-state index in [-0.39, 0.29) is 0 Å². The van der Waals surface area contributed by atoms with Crippen molar-refractivity contribution in [1.29, 1.82) is 5.41 Å². The standard InChI is InChI=1S/C3HN4O2Si/c4-1-5-10(6-2-8)7-3-9/h4H. The van der Waals surface area contributed by atoms with Crippen molar-refractivity contribution >= 4 is 27.4 Å². The van der Waals surface area contributed by atoms with Crippen molar-refractivity contribution in [3.63, 3.8) is 0 Å². The Morgan fingerprint density at radius 2 is 1.60 bits per heavy atom. The van der Waals surface area contributed by atoms with E-state index >= 15 is 0 Å². The van der Waals surface area contributed by atoms with Crippen LogP contribution in [0.5, 0.6) is 0 Å². The highest BCUT2D eigenvalue weighted by atomic mass is 28.3. The van der Waals surface area contributed by atoms with E-state index in [0.717, 1.165) is 0 Å². The molecule has 0 saturated heterocycles. The molecule has 0 aromatic rings. The van der Waals surface area contributed by atoms with Crippen molar-refractivity contribution in [1.82, 2.24) is 0 Å². The largest absolute Gasteiger partial charge is 0.526 e. The van der Waals surface area contributed by atoms with Crippen LogP contribution >= 0.6 is 0 Å². The first-order valence-electron chi connectivity index (χ1n) is 2.00. The highest BCUT2D eigenvalue weighted by Crippen LogP contribution is 1.82. The topological polar surface area (TPSA) is 95.1 Å². The van der Waals surface area contributed by atoms with Gasteiger partial charge in [0.1, 0.15) is 0 Å². The zero-order valence-corrected chi connectivity index (χ0v) is 5.66. The number of carbonyl (C=O) groups excluding carboxylic acids is 2. The number of hydrogen-bond acceptors (Lipinski definition) is 6. The smallest absolute Gasteiger partial charge is 0.242 e. The number of isocyanates is 2. The van der Waals surface area contributed by atoms with E-state index in [0.29, 0.717) is 0 Å². The molecule has 7 heteroatoms. The third kappa shape index (κ3) is 3.37. The van der Waals surface area contributed by atoms with Crippen LogP contribution in [0.1, 0.15) is 0 Å². The minimum Gasteiger partial charge on any atom is -0.242 e. The Bertz CT molecular complexity index is 202. The molecule has 1 N–H and O–H groups in total.